The van der Waals surface area contributed by atoms with E-state index in [1.165, 1.54) is 51.3 Å². The van der Waals surface area contributed by atoms with Crippen molar-refractivity contribution in [3.63, 3.8) is 0 Å². The lowest BCUT2D eigenvalue weighted by molar-refractivity contribution is 0.120. The fraction of sp³-hybridized carbons (Fsp3) is 0.667. The molecular formula is C18H31N3. The number of rotatable bonds is 6. The molecule has 1 fully saturated rings. The molecular weight excluding hydrogens is 258 g/mol. The lowest BCUT2D eigenvalue weighted by atomic mass is 9.97. The van der Waals surface area contributed by atoms with E-state index in [4.69, 9.17) is 5.73 Å². The Morgan fingerprint density at radius 2 is 1.52 bits per heavy atom. The average Bonchev–Trinajstić information content (AvgIpc) is 2.46. The third-order valence-electron chi connectivity index (χ3n) is 4.47. The molecule has 0 aliphatic carbocycles. The van der Waals surface area contributed by atoms with Crippen LogP contribution in [0.25, 0.3) is 0 Å². The van der Waals surface area contributed by atoms with Gasteiger partial charge in [0.2, 0.25) is 0 Å². The minimum atomic E-state index is 0.610. The second-order valence-corrected chi connectivity index (χ2v) is 6.89. The van der Waals surface area contributed by atoms with Gasteiger partial charge >= 0.3 is 0 Å². The zero-order valence-electron chi connectivity index (χ0n) is 13.9. The average molecular weight is 289 g/mol. The molecule has 3 heteroatoms. The minimum Gasteiger partial charge on any atom is -0.399 e. The highest BCUT2D eigenvalue weighted by molar-refractivity contribution is 5.40. The first-order chi connectivity index (χ1) is 10.0. The Labute approximate surface area is 130 Å². The SMILES string of the molecule is CC(C)CN1CCN(CCC(C)c2ccc(N)cc2)CC1. The predicted octanol–water partition coefficient (Wildman–Crippen LogP) is 3.04. The van der Waals surface area contributed by atoms with Crippen LogP contribution < -0.4 is 5.73 Å². The van der Waals surface area contributed by atoms with Gasteiger partial charge in [-0.25, -0.2) is 0 Å². The first-order valence-electron chi connectivity index (χ1n) is 8.34. The number of nitrogen functional groups attached to an aromatic ring is 1. The van der Waals surface area contributed by atoms with Gasteiger partial charge in [0, 0.05) is 38.4 Å². The predicted molar refractivity (Wildman–Crippen MR) is 91.6 cm³/mol. The fourth-order valence-electron chi connectivity index (χ4n) is 3.08. The molecule has 1 heterocycles. The van der Waals surface area contributed by atoms with Crippen LogP contribution in [0.3, 0.4) is 0 Å². The molecule has 0 amide bonds. The first kappa shape index (κ1) is 16.3. The standard InChI is InChI=1S/C18H31N3/c1-15(2)14-21-12-10-20(11-13-21)9-8-16(3)17-4-6-18(19)7-5-17/h4-7,15-16H,8-14,19H2,1-3H3. The zero-order valence-corrected chi connectivity index (χ0v) is 13.9. The van der Waals surface area contributed by atoms with Crippen LogP contribution in [0.1, 0.15) is 38.7 Å². The van der Waals surface area contributed by atoms with Gasteiger partial charge in [0.05, 0.1) is 0 Å². The van der Waals surface area contributed by atoms with Crippen LogP contribution in [0.4, 0.5) is 5.69 Å². The van der Waals surface area contributed by atoms with E-state index >= 15 is 0 Å². The summed E-state index contributed by atoms with van der Waals surface area (Å²) < 4.78 is 0. The number of anilines is 1. The lowest BCUT2D eigenvalue weighted by Gasteiger charge is -2.36. The maximum absolute atomic E-state index is 5.75. The van der Waals surface area contributed by atoms with Gasteiger partial charge in [-0.3, -0.25) is 0 Å². The summed E-state index contributed by atoms with van der Waals surface area (Å²) in [4.78, 5) is 5.22. The van der Waals surface area contributed by atoms with E-state index in [1.54, 1.807) is 0 Å². The van der Waals surface area contributed by atoms with E-state index in [0.717, 1.165) is 11.6 Å². The smallest absolute Gasteiger partial charge is 0.0314 e. The number of hydrogen-bond acceptors (Lipinski definition) is 3. The van der Waals surface area contributed by atoms with Crippen molar-refractivity contribution in [2.75, 3.05) is 45.0 Å². The largest absolute Gasteiger partial charge is 0.399 e. The molecule has 1 atom stereocenters. The summed E-state index contributed by atoms with van der Waals surface area (Å²) in [6, 6.07) is 8.36. The highest BCUT2D eigenvalue weighted by Gasteiger charge is 2.17. The third-order valence-corrected chi connectivity index (χ3v) is 4.47. The summed E-state index contributed by atoms with van der Waals surface area (Å²) >= 11 is 0. The van der Waals surface area contributed by atoms with Gasteiger partial charge in [-0.15, -0.1) is 0 Å². The van der Waals surface area contributed by atoms with E-state index < -0.39 is 0 Å². The maximum atomic E-state index is 5.75. The second kappa shape index (κ2) is 7.81. The Morgan fingerprint density at radius 1 is 0.952 bits per heavy atom. The number of piperazine rings is 1. The molecule has 0 aromatic heterocycles. The van der Waals surface area contributed by atoms with Crippen molar-refractivity contribution in [3.05, 3.63) is 29.8 Å². The molecule has 0 radical (unpaired) electrons. The number of hydrogen-bond donors (Lipinski definition) is 1. The summed E-state index contributed by atoms with van der Waals surface area (Å²) in [6.07, 6.45) is 1.23. The van der Waals surface area contributed by atoms with E-state index in [2.05, 4.69) is 42.7 Å². The Kier molecular flexibility index (Phi) is 6.07. The van der Waals surface area contributed by atoms with Gasteiger partial charge in [-0.1, -0.05) is 32.9 Å². The Morgan fingerprint density at radius 3 is 2.10 bits per heavy atom. The normalized spacial score (nSPS) is 19.0. The van der Waals surface area contributed by atoms with Crippen molar-refractivity contribution >= 4 is 5.69 Å². The Bertz CT molecular complexity index is 405. The molecule has 0 bridgehead atoms. The molecule has 2 N–H and O–H groups in total. The van der Waals surface area contributed by atoms with Gasteiger partial charge in [0.25, 0.3) is 0 Å². The van der Waals surface area contributed by atoms with Crippen LogP contribution in [-0.4, -0.2) is 49.1 Å². The quantitative estimate of drug-likeness (QED) is 0.817. The van der Waals surface area contributed by atoms with Gasteiger partial charge in [-0.05, 0) is 42.5 Å². The summed E-state index contributed by atoms with van der Waals surface area (Å²) in [7, 11) is 0. The van der Waals surface area contributed by atoms with Crippen molar-refractivity contribution in [1.82, 2.24) is 9.80 Å². The first-order valence-corrected chi connectivity index (χ1v) is 8.34. The molecule has 1 aliphatic heterocycles. The van der Waals surface area contributed by atoms with E-state index in [1.807, 2.05) is 12.1 Å². The Hall–Kier alpha value is -1.06. The topological polar surface area (TPSA) is 32.5 Å². The fourth-order valence-corrected chi connectivity index (χ4v) is 3.08. The molecule has 1 aromatic rings. The van der Waals surface area contributed by atoms with Crippen LogP contribution in [0.2, 0.25) is 0 Å². The summed E-state index contributed by atoms with van der Waals surface area (Å²) in [5.74, 6) is 1.39. The van der Waals surface area contributed by atoms with Crippen molar-refractivity contribution < 1.29 is 0 Å². The van der Waals surface area contributed by atoms with Crippen LogP contribution in [0, 0.1) is 5.92 Å². The Balaban J connectivity index is 1.70. The van der Waals surface area contributed by atoms with Crippen LogP contribution in [0.15, 0.2) is 24.3 Å². The van der Waals surface area contributed by atoms with E-state index in [9.17, 15) is 0 Å². The van der Waals surface area contributed by atoms with Crippen LogP contribution in [-0.2, 0) is 0 Å². The molecule has 2 rings (SSSR count). The van der Waals surface area contributed by atoms with E-state index in [-0.39, 0.29) is 0 Å². The maximum Gasteiger partial charge on any atom is 0.0314 e. The molecule has 21 heavy (non-hydrogen) atoms. The van der Waals surface area contributed by atoms with Crippen molar-refractivity contribution in [2.45, 2.75) is 33.1 Å². The summed E-state index contributed by atoms with van der Waals surface area (Å²) in [5, 5.41) is 0. The molecule has 0 spiro atoms. The summed E-state index contributed by atoms with van der Waals surface area (Å²) in [6.45, 7) is 14.3. The second-order valence-electron chi connectivity index (χ2n) is 6.89. The molecule has 1 aromatic carbocycles. The molecule has 3 nitrogen and oxygen atoms in total. The minimum absolute atomic E-state index is 0.610. The molecule has 1 unspecified atom stereocenters. The zero-order chi connectivity index (χ0) is 15.2. The number of nitrogens with zero attached hydrogens (tertiary/aromatic N) is 2. The van der Waals surface area contributed by atoms with Gasteiger partial charge in [0.15, 0.2) is 0 Å². The number of nitrogens with two attached hydrogens (primary N) is 1. The van der Waals surface area contributed by atoms with Gasteiger partial charge < -0.3 is 15.5 Å². The van der Waals surface area contributed by atoms with Crippen molar-refractivity contribution in [2.24, 2.45) is 5.92 Å². The van der Waals surface area contributed by atoms with Crippen molar-refractivity contribution in [3.8, 4) is 0 Å². The molecule has 0 saturated carbocycles. The van der Waals surface area contributed by atoms with Crippen LogP contribution in [0.5, 0.6) is 0 Å². The molecule has 1 aliphatic rings. The summed E-state index contributed by atoms with van der Waals surface area (Å²) in [5.41, 5.74) is 8.01. The van der Waals surface area contributed by atoms with Crippen LogP contribution >= 0.6 is 0 Å². The highest BCUT2D eigenvalue weighted by Crippen LogP contribution is 2.20. The molecule has 1 saturated heterocycles. The highest BCUT2D eigenvalue weighted by atomic mass is 15.3. The van der Waals surface area contributed by atoms with Crippen molar-refractivity contribution in [1.29, 1.82) is 0 Å². The monoisotopic (exact) mass is 289 g/mol. The van der Waals surface area contributed by atoms with Gasteiger partial charge in [0.1, 0.15) is 0 Å². The van der Waals surface area contributed by atoms with E-state index in [0.29, 0.717) is 5.92 Å². The molecule has 118 valence electrons. The third kappa shape index (κ3) is 5.33. The van der Waals surface area contributed by atoms with Gasteiger partial charge in [-0.2, -0.15) is 0 Å². The number of benzene rings is 1. The lowest BCUT2D eigenvalue weighted by Crippen LogP contribution is -2.47.